The first-order chi connectivity index (χ1) is 12.6. The van der Waals surface area contributed by atoms with Crippen molar-refractivity contribution in [3.8, 4) is 5.75 Å². The van der Waals surface area contributed by atoms with E-state index in [2.05, 4.69) is 22.4 Å². The van der Waals surface area contributed by atoms with Gasteiger partial charge >= 0.3 is 0 Å². The fourth-order valence-corrected chi connectivity index (χ4v) is 3.90. The molecular formula is C21H24N2O2S. The maximum Gasteiger partial charge on any atom is 0.220 e. The van der Waals surface area contributed by atoms with Crippen LogP contribution in [0.1, 0.15) is 29.0 Å². The average molecular weight is 369 g/mol. The zero-order valence-electron chi connectivity index (χ0n) is 15.2. The van der Waals surface area contributed by atoms with Gasteiger partial charge in [0, 0.05) is 6.42 Å². The van der Waals surface area contributed by atoms with Crippen LogP contribution in [0, 0.1) is 13.8 Å². The van der Waals surface area contributed by atoms with Crippen LogP contribution in [0.2, 0.25) is 0 Å². The van der Waals surface area contributed by atoms with E-state index in [1.165, 1.54) is 15.8 Å². The molecular weight excluding hydrogens is 344 g/mol. The maximum atomic E-state index is 11.9. The molecule has 0 aliphatic carbocycles. The lowest BCUT2D eigenvalue weighted by atomic mass is 10.1. The van der Waals surface area contributed by atoms with Gasteiger partial charge in [-0.3, -0.25) is 4.79 Å². The zero-order chi connectivity index (χ0) is 18.4. The molecule has 0 fully saturated rings. The minimum Gasteiger partial charge on any atom is -0.492 e. The van der Waals surface area contributed by atoms with Gasteiger partial charge in [-0.25, -0.2) is 4.98 Å². The average Bonchev–Trinajstić information content (AvgIpc) is 3.00. The maximum absolute atomic E-state index is 11.9. The zero-order valence-corrected chi connectivity index (χ0v) is 16.1. The van der Waals surface area contributed by atoms with Gasteiger partial charge in [0.1, 0.15) is 12.4 Å². The number of hydrogen-bond acceptors (Lipinski definition) is 4. The lowest BCUT2D eigenvalue weighted by Gasteiger charge is -2.09. The van der Waals surface area contributed by atoms with Crippen molar-refractivity contribution in [1.82, 2.24) is 10.3 Å². The van der Waals surface area contributed by atoms with Gasteiger partial charge in [-0.15, -0.1) is 11.3 Å². The van der Waals surface area contributed by atoms with Gasteiger partial charge in [0.15, 0.2) is 0 Å². The summed E-state index contributed by atoms with van der Waals surface area (Å²) in [4.78, 5) is 16.5. The molecule has 0 bridgehead atoms. The lowest BCUT2D eigenvalue weighted by Crippen LogP contribution is -2.27. The molecule has 0 atom stereocenters. The van der Waals surface area contributed by atoms with E-state index in [1.54, 1.807) is 11.3 Å². The molecule has 1 aromatic heterocycles. The Kier molecular flexibility index (Phi) is 6.23. The van der Waals surface area contributed by atoms with Crippen molar-refractivity contribution in [2.24, 2.45) is 0 Å². The van der Waals surface area contributed by atoms with Crippen LogP contribution < -0.4 is 10.1 Å². The molecule has 0 saturated carbocycles. The Balaban J connectivity index is 1.34. The molecule has 5 heteroatoms. The summed E-state index contributed by atoms with van der Waals surface area (Å²) >= 11 is 1.71. The summed E-state index contributed by atoms with van der Waals surface area (Å²) < 4.78 is 6.91. The van der Waals surface area contributed by atoms with Crippen molar-refractivity contribution in [2.45, 2.75) is 33.1 Å². The number of thiazole rings is 1. The Labute approximate surface area is 158 Å². The number of benzene rings is 2. The van der Waals surface area contributed by atoms with E-state index < -0.39 is 0 Å². The third-order valence-corrected chi connectivity index (χ3v) is 5.12. The molecule has 0 unspecified atom stereocenters. The fourth-order valence-electron chi connectivity index (χ4n) is 2.89. The topological polar surface area (TPSA) is 51.2 Å². The van der Waals surface area contributed by atoms with Crippen LogP contribution in [0.25, 0.3) is 10.2 Å². The van der Waals surface area contributed by atoms with Gasteiger partial charge in [-0.2, -0.15) is 0 Å². The minimum absolute atomic E-state index is 0.0649. The quantitative estimate of drug-likeness (QED) is 0.598. The van der Waals surface area contributed by atoms with Gasteiger partial charge < -0.3 is 10.1 Å². The predicted molar refractivity (Wildman–Crippen MR) is 107 cm³/mol. The summed E-state index contributed by atoms with van der Waals surface area (Å²) in [5, 5.41) is 4.01. The molecule has 1 N–H and O–H groups in total. The van der Waals surface area contributed by atoms with Crippen molar-refractivity contribution in [3.63, 3.8) is 0 Å². The molecule has 2 aromatic carbocycles. The van der Waals surface area contributed by atoms with Gasteiger partial charge in [-0.1, -0.05) is 18.2 Å². The van der Waals surface area contributed by atoms with E-state index in [0.717, 1.165) is 29.1 Å². The molecule has 3 aromatic rings. The van der Waals surface area contributed by atoms with Gasteiger partial charge in [0.05, 0.1) is 21.8 Å². The summed E-state index contributed by atoms with van der Waals surface area (Å²) in [5.74, 6) is 0.919. The number of aromatic nitrogens is 1. The number of nitrogens with zero attached hydrogens (tertiary/aromatic N) is 1. The summed E-state index contributed by atoms with van der Waals surface area (Å²) in [6.07, 6.45) is 2.16. The monoisotopic (exact) mass is 368 g/mol. The number of ether oxygens (including phenoxy) is 1. The molecule has 4 nitrogen and oxygen atoms in total. The molecule has 3 rings (SSSR count). The number of para-hydroxylation sites is 1. The number of hydrogen-bond donors (Lipinski definition) is 1. The standard InChI is InChI=1S/C21H24N2O2S/c1-15-12-16(2)14-17(13-15)25-11-10-22-20(24)8-5-9-21-23-18-6-3-4-7-19(18)26-21/h3-4,6-7,12-14H,5,8-11H2,1-2H3,(H,22,24). The van der Waals surface area contributed by atoms with Crippen LogP contribution >= 0.6 is 11.3 Å². The van der Waals surface area contributed by atoms with Gasteiger partial charge in [0.25, 0.3) is 0 Å². The third-order valence-electron chi connectivity index (χ3n) is 4.02. The van der Waals surface area contributed by atoms with Gasteiger partial charge in [0.2, 0.25) is 5.91 Å². The smallest absolute Gasteiger partial charge is 0.220 e. The Morgan fingerprint density at radius 1 is 1.15 bits per heavy atom. The lowest BCUT2D eigenvalue weighted by molar-refractivity contribution is -0.121. The van der Waals surface area contributed by atoms with Crippen molar-refractivity contribution < 1.29 is 9.53 Å². The second-order valence-electron chi connectivity index (χ2n) is 6.45. The highest BCUT2D eigenvalue weighted by Gasteiger charge is 2.06. The second kappa shape index (κ2) is 8.81. The highest BCUT2D eigenvalue weighted by molar-refractivity contribution is 7.18. The number of carbonyl (C=O) groups is 1. The van der Waals surface area contributed by atoms with Crippen LogP contribution in [-0.4, -0.2) is 24.0 Å². The molecule has 0 spiro atoms. The van der Waals surface area contributed by atoms with Crippen LogP contribution in [0.3, 0.4) is 0 Å². The van der Waals surface area contributed by atoms with Gasteiger partial charge in [-0.05, 0) is 62.1 Å². The molecule has 0 aliphatic rings. The van der Waals surface area contributed by atoms with E-state index in [-0.39, 0.29) is 5.91 Å². The van der Waals surface area contributed by atoms with Crippen molar-refractivity contribution in [3.05, 3.63) is 58.6 Å². The van der Waals surface area contributed by atoms with E-state index in [0.29, 0.717) is 19.6 Å². The van der Waals surface area contributed by atoms with Crippen LogP contribution in [0.15, 0.2) is 42.5 Å². The summed E-state index contributed by atoms with van der Waals surface area (Å²) in [5.41, 5.74) is 3.40. The highest BCUT2D eigenvalue weighted by Crippen LogP contribution is 2.22. The largest absolute Gasteiger partial charge is 0.492 e. The number of rotatable bonds is 8. The Bertz CT molecular complexity index is 835. The van der Waals surface area contributed by atoms with Crippen LogP contribution in [-0.2, 0) is 11.2 Å². The molecule has 136 valence electrons. The first-order valence-electron chi connectivity index (χ1n) is 8.92. The summed E-state index contributed by atoms with van der Waals surface area (Å²) in [7, 11) is 0. The SMILES string of the molecule is Cc1cc(C)cc(OCCNC(=O)CCCc2nc3ccccc3s2)c1. The first kappa shape index (κ1) is 18.4. The predicted octanol–water partition coefficient (Wildman–Crippen LogP) is 4.43. The molecule has 1 heterocycles. The van der Waals surface area contributed by atoms with E-state index in [4.69, 9.17) is 4.74 Å². The van der Waals surface area contributed by atoms with Crippen LogP contribution in [0.5, 0.6) is 5.75 Å². The molecule has 0 aliphatic heterocycles. The number of carbonyl (C=O) groups excluding carboxylic acids is 1. The number of aryl methyl sites for hydroxylation is 3. The van der Waals surface area contributed by atoms with Crippen molar-refractivity contribution in [1.29, 1.82) is 0 Å². The summed E-state index contributed by atoms with van der Waals surface area (Å²) in [6, 6.07) is 14.3. The van der Waals surface area contributed by atoms with E-state index in [1.807, 2.05) is 44.2 Å². The van der Waals surface area contributed by atoms with Crippen LogP contribution in [0.4, 0.5) is 0 Å². The number of amides is 1. The van der Waals surface area contributed by atoms with E-state index in [9.17, 15) is 4.79 Å². The highest BCUT2D eigenvalue weighted by atomic mass is 32.1. The van der Waals surface area contributed by atoms with Crippen molar-refractivity contribution >= 4 is 27.5 Å². The number of fused-ring (bicyclic) bond motifs is 1. The molecule has 0 radical (unpaired) electrons. The molecule has 26 heavy (non-hydrogen) atoms. The first-order valence-corrected chi connectivity index (χ1v) is 9.74. The van der Waals surface area contributed by atoms with E-state index >= 15 is 0 Å². The Morgan fingerprint density at radius 2 is 1.92 bits per heavy atom. The number of nitrogens with one attached hydrogen (secondary N) is 1. The fraction of sp³-hybridized carbons (Fsp3) is 0.333. The third kappa shape index (κ3) is 5.30. The van der Waals surface area contributed by atoms with Crippen molar-refractivity contribution in [2.75, 3.05) is 13.2 Å². The minimum atomic E-state index is 0.0649. The Hall–Kier alpha value is -2.40. The molecule has 1 amide bonds. The molecule has 0 saturated heterocycles. The second-order valence-corrected chi connectivity index (χ2v) is 7.57. The Morgan fingerprint density at radius 3 is 2.69 bits per heavy atom. The normalized spacial score (nSPS) is 10.8. The summed E-state index contributed by atoms with van der Waals surface area (Å²) in [6.45, 7) is 5.10.